The Labute approximate surface area is 282 Å². The fourth-order valence-electron chi connectivity index (χ4n) is 10.6. The summed E-state index contributed by atoms with van der Waals surface area (Å²) in [6.07, 6.45) is 12.6. The lowest BCUT2D eigenvalue weighted by Gasteiger charge is -2.62. The summed E-state index contributed by atoms with van der Waals surface area (Å²) in [5, 5.41) is 19.4. The van der Waals surface area contributed by atoms with Gasteiger partial charge >= 0.3 is 11.9 Å². The van der Waals surface area contributed by atoms with E-state index in [0.717, 1.165) is 31.6 Å². The van der Waals surface area contributed by atoms with E-state index in [4.69, 9.17) is 9.84 Å². The molecule has 0 amide bonds. The quantitative estimate of drug-likeness (QED) is 0.0877. The lowest BCUT2D eigenvalue weighted by atomic mass is 9.43. The summed E-state index contributed by atoms with van der Waals surface area (Å²) in [5.74, 6) is 1.62. The summed E-state index contributed by atoms with van der Waals surface area (Å²) < 4.78 is 6.33. The second-order valence-corrected chi connectivity index (χ2v) is 20.1. The molecule has 0 spiro atoms. The molecule has 2 N–H and O–H groups in total. The molecule has 0 aromatic carbocycles. The molecule has 3 unspecified atom stereocenters. The highest BCUT2D eigenvalue weighted by molar-refractivity contribution is 8.76. The molecular formula is C38H64O5S2. The zero-order valence-electron chi connectivity index (χ0n) is 30.1. The predicted molar refractivity (Wildman–Crippen MR) is 189 cm³/mol. The number of carbonyl (C=O) groups is 2. The molecule has 4 rings (SSSR count). The summed E-state index contributed by atoms with van der Waals surface area (Å²) in [6.45, 7) is 22.5. The normalized spacial score (nSPS) is 36.4. The minimum atomic E-state index is -0.777. The molecule has 2 fully saturated rings. The average molecular weight is 665 g/mol. The van der Waals surface area contributed by atoms with Crippen molar-refractivity contribution in [1.29, 1.82) is 0 Å². The molecule has 0 aliphatic heterocycles. The maximum Gasteiger partial charge on any atom is 0.309 e. The average Bonchev–Trinajstić information content (AvgIpc) is 3.22. The highest BCUT2D eigenvalue weighted by atomic mass is 33.1. The first-order valence-corrected chi connectivity index (χ1v) is 20.4. The number of hydrogen-bond acceptors (Lipinski definition) is 6. The van der Waals surface area contributed by atoms with E-state index in [1.807, 2.05) is 20.8 Å². The van der Waals surface area contributed by atoms with Gasteiger partial charge in [0, 0.05) is 16.9 Å². The van der Waals surface area contributed by atoms with Gasteiger partial charge in [0.25, 0.3) is 0 Å². The molecule has 0 bridgehead atoms. The number of hydrogen-bond donors (Lipinski definition) is 2. The van der Waals surface area contributed by atoms with E-state index in [1.165, 1.54) is 55.7 Å². The number of allylic oxidation sites excluding steroid dienone is 2. The third-order valence-electron chi connectivity index (χ3n) is 13.7. The van der Waals surface area contributed by atoms with Gasteiger partial charge in [0.15, 0.2) is 0 Å². The van der Waals surface area contributed by atoms with Crippen LogP contribution in [0.5, 0.6) is 0 Å². The molecular weight excluding hydrogens is 601 g/mol. The highest BCUT2D eigenvalue weighted by Crippen LogP contribution is 2.72. The van der Waals surface area contributed by atoms with Crippen molar-refractivity contribution in [3.05, 3.63) is 11.1 Å². The molecule has 2 saturated carbocycles. The zero-order valence-corrected chi connectivity index (χ0v) is 31.7. The van der Waals surface area contributed by atoms with E-state index in [1.54, 1.807) is 28.9 Å². The van der Waals surface area contributed by atoms with Crippen molar-refractivity contribution in [2.75, 3.05) is 11.5 Å². The standard InChI is InChI=1S/C38H64O5S2/c1-24(12-11-18-34(4,5)42)27-15-20-38(10)29-13-14-30-35(6,7)31(17-19-36(30,8)28(29)16-21-37(27,38)9)43-33(41)26(3)23-45-44-22-25(2)32(39)40/h24-27,30-31,42H,11-23H2,1-10H3,(H,39,40)/t24-,25?,26?,27-,30+,31?,36-,37-,38+/m1/s1. The SMILES string of the molecule is CC(CSSCC(C)C(=O)OC1CC[C@]2(C)C3=C(CC[C@H]2C1(C)C)[C@]1(C)CC[C@H]([C@H](C)CCCC(C)(C)O)[C@@]1(C)CC3)C(=O)O. The molecule has 4 aliphatic rings. The molecule has 7 heteroatoms. The van der Waals surface area contributed by atoms with Gasteiger partial charge in [-0.3, -0.25) is 9.59 Å². The Bertz CT molecular complexity index is 1130. The largest absolute Gasteiger partial charge is 0.481 e. The maximum absolute atomic E-state index is 13.2. The Morgan fingerprint density at radius 2 is 1.56 bits per heavy atom. The predicted octanol–water partition coefficient (Wildman–Crippen LogP) is 9.96. The van der Waals surface area contributed by atoms with Gasteiger partial charge in [-0.1, -0.05) is 101 Å². The maximum atomic E-state index is 13.2. The third kappa shape index (κ3) is 7.21. The molecule has 9 atom stereocenters. The molecule has 45 heavy (non-hydrogen) atoms. The van der Waals surface area contributed by atoms with Crippen LogP contribution in [0.4, 0.5) is 0 Å². The highest BCUT2D eigenvalue weighted by Gasteiger charge is 2.63. The van der Waals surface area contributed by atoms with Crippen LogP contribution in [0.25, 0.3) is 0 Å². The number of rotatable bonds is 13. The summed E-state index contributed by atoms with van der Waals surface area (Å²) in [7, 11) is 3.11. The van der Waals surface area contributed by atoms with Gasteiger partial charge in [0.1, 0.15) is 6.10 Å². The minimum absolute atomic E-state index is 0.0672. The molecule has 4 aliphatic carbocycles. The van der Waals surface area contributed by atoms with E-state index in [-0.39, 0.29) is 40.2 Å². The topological polar surface area (TPSA) is 83.8 Å². The Morgan fingerprint density at radius 3 is 2.18 bits per heavy atom. The van der Waals surface area contributed by atoms with Gasteiger partial charge in [-0.2, -0.15) is 0 Å². The number of carboxylic acid groups (broad SMARTS) is 1. The van der Waals surface area contributed by atoms with Crippen LogP contribution in [0.15, 0.2) is 11.1 Å². The van der Waals surface area contributed by atoms with Crippen molar-refractivity contribution >= 4 is 33.5 Å². The second kappa shape index (κ2) is 13.7. The Morgan fingerprint density at radius 1 is 0.911 bits per heavy atom. The van der Waals surface area contributed by atoms with Crippen LogP contribution in [0.1, 0.15) is 140 Å². The smallest absolute Gasteiger partial charge is 0.309 e. The van der Waals surface area contributed by atoms with E-state index in [2.05, 4.69) is 41.5 Å². The summed E-state index contributed by atoms with van der Waals surface area (Å²) in [5.41, 5.74) is 3.68. The van der Waals surface area contributed by atoms with Crippen molar-refractivity contribution in [1.82, 2.24) is 0 Å². The lowest BCUT2D eigenvalue weighted by Crippen LogP contribution is -2.56. The van der Waals surface area contributed by atoms with Crippen LogP contribution in [0.3, 0.4) is 0 Å². The first-order chi connectivity index (χ1) is 20.8. The molecule has 258 valence electrons. The summed E-state index contributed by atoms with van der Waals surface area (Å²) >= 11 is 0. The Hall–Kier alpha value is -0.660. The van der Waals surface area contributed by atoms with Gasteiger partial charge in [-0.25, -0.2) is 0 Å². The number of aliphatic carboxylic acids is 1. The fourth-order valence-corrected chi connectivity index (χ4v) is 13.3. The van der Waals surface area contributed by atoms with Crippen molar-refractivity contribution in [3.8, 4) is 0 Å². The molecule has 0 saturated heterocycles. The first-order valence-electron chi connectivity index (χ1n) is 17.9. The van der Waals surface area contributed by atoms with Crippen LogP contribution in [-0.2, 0) is 14.3 Å². The fraction of sp³-hybridized carbons (Fsp3) is 0.895. The van der Waals surface area contributed by atoms with Crippen LogP contribution >= 0.6 is 21.6 Å². The number of carbonyl (C=O) groups excluding carboxylic acids is 1. The van der Waals surface area contributed by atoms with Crippen molar-refractivity contribution < 1.29 is 24.5 Å². The number of ether oxygens (including phenoxy) is 1. The molecule has 0 aromatic rings. The Balaban J connectivity index is 1.43. The van der Waals surface area contributed by atoms with Gasteiger partial charge in [0.05, 0.1) is 17.4 Å². The molecule has 0 heterocycles. The zero-order chi connectivity index (χ0) is 33.6. The Kier molecular flexibility index (Phi) is 11.3. The summed E-state index contributed by atoms with van der Waals surface area (Å²) in [6, 6.07) is 0. The van der Waals surface area contributed by atoms with E-state index < -0.39 is 11.6 Å². The first kappa shape index (κ1) is 37.2. The number of aliphatic hydroxyl groups is 1. The van der Waals surface area contributed by atoms with Crippen LogP contribution < -0.4 is 0 Å². The minimum Gasteiger partial charge on any atom is -0.481 e. The van der Waals surface area contributed by atoms with E-state index >= 15 is 0 Å². The number of carboxylic acids is 1. The van der Waals surface area contributed by atoms with Crippen molar-refractivity contribution in [2.45, 2.75) is 152 Å². The second-order valence-electron chi connectivity index (χ2n) is 17.5. The van der Waals surface area contributed by atoms with Gasteiger partial charge in [-0.15, -0.1) is 0 Å². The van der Waals surface area contributed by atoms with E-state index in [0.29, 0.717) is 28.8 Å². The van der Waals surface area contributed by atoms with Crippen molar-refractivity contribution in [2.24, 2.45) is 51.2 Å². The number of fused-ring (bicyclic) bond motifs is 4. The van der Waals surface area contributed by atoms with Crippen LogP contribution in [-0.4, -0.2) is 45.4 Å². The molecule has 0 aromatic heterocycles. The summed E-state index contributed by atoms with van der Waals surface area (Å²) in [4.78, 5) is 24.3. The van der Waals surface area contributed by atoms with Gasteiger partial charge in [-0.05, 0) is 106 Å². The third-order valence-corrected chi connectivity index (χ3v) is 16.4. The van der Waals surface area contributed by atoms with E-state index in [9.17, 15) is 14.7 Å². The van der Waals surface area contributed by atoms with Crippen molar-refractivity contribution in [3.63, 3.8) is 0 Å². The molecule has 0 radical (unpaired) electrons. The molecule has 5 nitrogen and oxygen atoms in total. The monoisotopic (exact) mass is 664 g/mol. The van der Waals surface area contributed by atoms with Gasteiger partial charge in [0.2, 0.25) is 0 Å². The van der Waals surface area contributed by atoms with Crippen LogP contribution in [0, 0.1) is 51.2 Å². The number of esters is 1. The van der Waals surface area contributed by atoms with Gasteiger partial charge < -0.3 is 14.9 Å². The lowest BCUT2D eigenvalue weighted by molar-refractivity contribution is -0.173. The van der Waals surface area contributed by atoms with Crippen LogP contribution in [0.2, 0.25) is 0 Å².